The summed E-state index contributed by atoms with van der Waals surface area (Å²) < 4.78 is 28.7. The summed E-state index contributed by atoms with van der Waals surface area (Å²) in [4.78, 5) is 27.2. The number of rotatable bonds is 3. The molecular formula is C27H36F2N2O2. The Morgan fingerprint density at radius 2 is 1.82 bits per heavy atom. The number of hydrogen-bond acceptors (Lipinski definition) is 2. The summed E-state index contributed by atoms with van der Waals surface area (Å²) >= 11 is 0. The molecule has 0 radical (unpaired) electrons. The monoisotopic (exact) mass is 458 g/mol. The second-order valence-corrected chi connectivity index (χ2v) is 11.6. The van der Waals surface area contributed by atoms with Gasteiger partial charge in [-0.3, -0.25) is 9.59 Å². The number of nitrogens with one attached hydrogen (secondary N) is 1. The standard InChI is InChI=1S/C27H36F2N2O2/c1-26-13-12-19-17(8-11-23-27(19,2)14-22(29)25(33)31(23)3)18(26)9-10-20(26)24(32)30-15-16-6-4-5-7-21(16)28/h4-7,17-20,22-23H,8-15H2,1-3H3,(H,30,32)/t17-,18-,19+,20?,22?,23?,26-,27+/m0/s1. The third kappa shape index (κ3) is 3.42. The van der Waals surface area contributed by atoms with Crippen molar-refractivity contribution in [2.75, 3.05) is 7.05 Å². The first kappa shape index (κ1) is 22.8. The summed E-state index contributed by atoms with van der Waals surface area (Å²) in [7, 11) is 1.77. The molecule has 180 valence electrons. The molecule has 6 heteroatoms. The molecule has 3 aliphatic carbocycles. The molecule has 0 bridgehead atoms. The lowest BCUT2D eigenvalue weighted by molar-refractivity contribution is -0.169. The van der Waals surface area contributed by atoms with Crippen molar-refractivity contribution in [2.45, 2.75) is 77.6 Å². The van der Waals surface area contributed by atoms with E-state index in [-0.39, 0.29) is 47.0 Å². The first-order valence-corrected chi connectivity index (χ1v) is 12.6. The average Bonchev–Trinajstić information content (AvgIpc) is 3.14. The Bertz CT molecular complexity index is 954. The summed E-state index contributed by atoms with van der Waals surface area (Å²) in [6.45, 7) is 4.70. The molecule has 4 fully saturated rings. The van der Waals surface area contributed by atoms with Gasteiger partial charge in [0.2, 0.25) is 5.91 Å². The van der Waals surface area contributed by atoms with Crippen molar-refractivity contribution in [3.63, 3.8) is 0 Å². The van der Waals surface area contributed by atoms with Crippen LogP contribution in [0.2, 0.25) is 0 Å². The summed E-state index contributed by atoms with van der Waals surface area (Å²) in [5.41, 5.74) is 0.240. The maximum Gasteiger partial charge on any atom is 0.257 e. The minimum absolute atomic E-state index is 0.0356. The largest absolute Gasteiger partial charge is 0.352 e. The van der Waals surface area contributed by atoms with Crippen LogP contribution in [0.5, 0.6) is 0 Å². The van der Waals surface area contributed by atoms with Crippen molar-refractivity contribution in [2.24, 2.45) is 34.5 Å². The van der Waals surface area contributed by atoms with Crippen molar-refractivity contribution in [1.82, 2.24) is 10.2 Å². The highest BCUT2D eigenvalue weighted by atomic mass is 19.1. The van der Waals surface area contributed by atoms with Crippen LogP contribution in [-0.4, -0.2) is 36.0 Å². The van der Waals surface area contributed by atoms with Crippen molar-refractivity contribution >= 4 is 11.8 Å². The van der Waals surface area contributed by atoms with Crippen LogP contribution in [0.15, 0.2) is 24.3 Å². The molecule has 2 amide bonds. The Morgan fingerprint density at radius 1 is 1.09 bits per heavy atom. The van der Waals surface area contributed by atoms with E-state index in [4.69, 9.17) is 0 Å². The van der Waals surface area contributed by atoms with Gasteiger partial charge in [0.25, 0.3) is 5.91 Å². The first-order valence-electron chi connectivity index (χ1n) is 12.6. The third-order valence-electron chi connectivity index (χ3n) is 10.2. The summed E-state index contributed by atoms with van der Waals surface area (Å²) in [5.74, 6) is 0.634. The maximum atomic E-state index is 14.7. The topological polar surface area (TPSA) is 49.4 Å². The predicted molar refractivity (Wildman–Crippen MR) is 122 cm³/mol. The Balaban J connectivity index is 1.32. The zero-order valence-corrected chi connectivity index (χ0v) is 19.9. The van der Waals surface area contributed by atoms with Gasteiger partial charge < -0.3 is 10.2 Å². The highest BCUT2D eigenvalue weighted by molar-refractivity contribution is 5.82. The minimum atomic E-state index is -1.40. The number of halogens is 2. The normalized spacial score (nSPS) is 42.3. The van der Waals surface area contributed by atoms with Gasteiger partial charge in [0.1, 0.15) is 5.82 Å². The second-order valence-electron chi connectivity index (χ2n) is 11.6. The fraction of sp³-hybridized carbons (Fsp3) is 0.704. The van der Waals surface area contributed by atoms with Crippen LogP contribution in [0.1, 0.15) is 64.4 Å². The van der Waals surface area contributed by atoms with Crippen LogP contribution in [0.3, 0.4) is 0 Å². The van der Waals surface area contributed by atoms with Crippen LogP contribution in [-0.2, 0) is 16.1 Å². The van der Waals surface area contributed by atoms with Gasteiger partial charge in [-0.05, 0) is 79.6 Å². The molecule has 4 aliphatic rings. The third-order valence-corrected chi connectivity index (χ3v) is 10.2. The lowest BCUT2D eigenvalue weighted by atomic mass is 9.46. The molecule has 1 saturated heterocycles. The molecule has 4 nitrogen and oxygen atoms in total. The molecule has 1 aromatic carbocycles. The zero-order valence-electron chi connectivity index (χ0n) is 19.9. The molecule has 1 N–H and O–H groups in total. The Labute approximate surface area is 195 Å². The predicted octanol–water partition coefficient (Wildman–Crippen LogP) is 4.87. The zero-order chi connectivity index (χ0) is 23.5. The van der Waals surface area contributed by atoms with Gasteiger partial charge >= 0.3 is 0 Å². The molecule has 1 aromatic rings. The molecule has 0 aromatic heterocycles. The molecule has 0 spiro atoms. The van der Waals surface area contributed by atoms with Crippen LogP contribution < -0.4 is 5.32 Å². The second kappa shape index (κ2) is 8.06. The lowest BCUT2D eigenvalue weighted by Crippen LogP contribution is -2.64. The van der Waals surface area contributed by atoms with Crippen molar-refractivity contribution in [1.29, 1.82) is 0 Å². The smallest absolute Gasteiger partial charge is 0.257 e. The maximum absolute atomic E-state index is 14.7. The van der Waals surface area contributed by atoms with E-state index in [1.165, 1.54) is 6.07 Å². The molecule has 3 saturated carbocycles. The van der Waals surface area contributed by atoms with Crippen LogP contribution in [0.4, 0.5) is 8.78 Å². The van der Waals surface area contributed by atoms with E-state index < -0.39 is 6.17 Å². The highest BCUT2D eigenvalue weighted by Crippen LogP contribution is 2.66. The number of carbonyl (C=O) groups excluding carboxylic acids is 2. The fourth-order valence-corrected chi connectivity index (χ4v) is 8.59. The number of piperidine rings is 1. The number of alkyl halides is 1. The minimum Gasteiger partial charge on any atom is -0.352 e. The van der Waals surface area contributed by atoms with Gasteiger partial charge in [0, 0.05) is 31.1 Å². The number of amides is 2. The molecule has 3 unspecified atom stereocenters. The van der Waals surface area contributed by atoms with E-state index in [0.29, 0.717) is 29.7 Å². The number of fused-ring (bicyclic) bond motifs is 5. The summed E-state index contributed by atoms with van der Waals surface area (Å²) in [5, 5.41) is 3.01. The van der Waals surface area contributed by atoms with E-state index in [9.17, 15) is 18.4 Å². The highest BCUT2D eigenvalue weighted by Gasteiger charge is 2.63. The van der Waals surface area contributed by atoms with Crippen LogP contribution >= 0.6 is 0 Å². The van der Waals surface area contributed by atoms with Gasteiger partial charge in [0.05, 0.1) is 0 Å². The average molecular weight is 459 g/mol. The molecular weight excluding hydrogens is 422 g/mol. The fourth-order valence-electron chi connectivity index (χ4n) is 8.59. The van der Waals surface area contributed by atoms with Crippen LogP contribution in [0.25, 0.3) is 0 Å². The summed E-state index contributed by atoms with van der Waals surface area (Å²) in [6, 6.07) is 6.69. The van der Waals surface area contributed by atoms with Crippen molar-refractivity contribution in [3.8, 4) is 0 Å². The van der Waals surface area contributed by atoms with Crippen LogP contribution in [0, 0.1) is 40.3 Å². The molecule has 1 aliphatic heterocycles. The van der Waals surface area contributed by atoms with E-state index in [1.54, 1.807) is 30.1 Å². The number of likely N-dealkylation sites (tertiary alicyclic amines) is 1. The van der Waals surface area contributed by atoms with Gasteiger partial charge in [0.15, 0.2) is 6.17 Å². The number of benzene rings is 1. The SMILES string of the molecule is CN1C(=O)C(F)C[C@@]2(C)C1CC[C@@H]1[C@H]2CC[C@]2(C)C(C(=O)NCc3ccccc3F)CC[C@@H]12. The van der Waals surface area contributed by atoms with Gasteiger partial charge in [-0.2, -0.15) is 0 Å². The van der Waals surface area contributed by atoms with E-state index in [1.807, 2.05) is 0 Å². The van der Waals surface area contributed by atoms with Gasteiger partial charge in [-0.25, -0.2) is 8.78 Å². The van der Waals surface area contributed by atoms with E-state index in [2.05, 4.69) is 19.2 Å². The van der Waals surface area contributed by atoms with E-state index >= 15 is 0 Å². The van der Waals surface area contributed by atoms with Gasteiger partial charge in [-0.15, -0.1) is 0 Å². The quantitative estimate of drug-likeness (QED) is 0.703. The number of hydrogen-bond donors (Lipinski definition) is 1. The Kier molecular flexibility index (Phi) is 5.56. The molecule has 1 heterocycles. The number of nitrogens with zero attached hydrogens (tertiary/aromatic N) is 1. The summed E-state index contributed by atoms with van der Waals surface area (Å²) in [6.07, 6.45) is 4.71. The first-order chi connectivity index (χ1) is 15.7. The molecule has 5 rings (SSSR count). The lowest BCUT2D eigenvalue weighted by Gasteiger charge is -2.62. The van der Waals surface area contributed by atoms with Crippen molar-refractivity contribution in [3.05, 3.63) is 35.6 Å². The Hall–Kier alpha value is -1.98. The molecule has 8 atom stereocenters. The van der Waals surface area contributed by atoms with Gasteiger partial charge in [-0.1, -0.05) is 32.0 Å². The number of carbonyl (C=O) groups is 2. The Morgan fingerprint density at radius 3 is 2.58 bits per heavy atom. The van der Waals surface area contributed by atoms with E-state index in [0.717, 1.165) is 38.5 Å². The molecule has 33 heavy (non-hydrogen) atoms. The van der Waals surface area contributed by atoms with Crippen molar-refractivity contribution < 1.29 is 18.4 Å².